The molecule has 0 saturated heterocycles. The fourth-order valence-corrected chi connectivity index (χ4v) is 1.88. The normalized spacial score (nSPS) is 12.5. The minimum Gasteiger partial charge on any atom is -0.495 e. The Morgan fingerprint density at radius 1 is 1.24 bits per heavy atom. The maximum atomic E-state index is 6.05. The Balaban J connectivity index is 2.34. The largest absolute Gasteiger partial charge is 0.495 e. The molecule has 1 aromatic carbocycles. The molecule has 90 valence electrons. The molecule has 3 nitrogen and oxygen atoms in total. The van der Waals surface area contributed by atoms with Crippen LogP contribution in [0.2, 0.25) is 10.2 Å². The summed E-state index contributed by atoms with van der Waals surface area (Å²) in [6.07, 6.45) is 0. The van der Waals surface area contributed by atoms with Gasteiger partial charge >= 0.3 is 0 Å². The van der Waals surface area contributed by atoms with Gasteiger partial charge in [-0.25, -0.2) is 0 Å². The summed E-state index contributed by atoms with van der Waals surface area (Å²) in [6, 6.07) is 8.35. The minimum absolute atomic E-state index is 0.316. The first-order chi connectivity index (χ1) is 8.11. The van der Waals surface area contributed by atoms with Crippen molar-refractivity contribution in [1.82, 2.24) is 0 Å². The Kier molecular flexibility index (Phi) is 3.62. The van der Waals surface area contributed by atoms with Crippen molar-refractivity contribution in [2.24, 2.45) is 5.73 Å². The molecule has 0 amide bonds. The average molecular weight is 272 g/mol. The molecule has 2 N–H and O–H groups in total. The van der Waals surface area contributed by atoms with Crippen LogP contribution in [0, 0.1) is 0 Å². The lowest BCUT2D eigenvalue weighted by Crippen LogP contribution is -2.10. The number of benzene rings is 1. The van der Waals surface area contributed by atoms with E-state index in [9.17, 15) is 0 Å². The van der Waals surface area contributed by atoms with Crippen molar-refractivity contribution in [3.8, 4) is 5.75 Å². The molecule has 0 fully saturated rings. The predicted molar refractivity (Wildman–Crippen MR) is 67.8 cm³/mol. The van der Waals surface area contributed by atoms with Crippen LogP contribution in [0.4, 0.5) is 0 Å². The van der Waals surface area contributed by atoms with E-state index in [4.69, 9.17) is 38.1 Å². The van der Waals surface area contributed by atoms with Crippen molar-refractivity contribution in [3.05, 3.63) is 51.9 Å². The van der Waals surface area contributed by atoms with Crippen molar-refractivity contribution in [1.29, 1.82) is 0 Å². The van der Waals surface area contributed by atoms with E-state index in [-0.39, 0.29) is 0 Å². The molecule has 0 aliphatic heterocycles. The monoisotopic (exact) mass is 271 g/mol. The van der Waals surface area contributed by atoms with Crippen molar-refractivity contribution in [2.75, 3.05) is 7.11 Å². The van der Waals surface area contributed by atoms with Crippen LogP contribution in [0.1, 0.15) is 17.4 Å². The molecule has 17 heavy (non-hydrogen) atoms. The summed E-state index contributed by atoms with van der Waals surface area (Å²) in [5.41, 5.74) is 6.90. The van der Waals surface area contributed by atoms with E-state index in [2.05, 4.69) is 0 Å². The highest BCUT2D eigenvalue weighted by molar-refractivity contribution is 6.32. The number of ether oxygens (including phenoxy) is 1. The first kappa shape index (κ1) is 12.3. The van der Waals surface area contributed by atoms with Gasteiger partial charge in [-0.05, 0) is 41.4 Å². The zero-order valence-corrected chi connectivity index (χ0v) is 10.6. The van der Waals surface area contributed by atoms with Gasteiger partial charge in [0.1, 0.15) is 11.5 Å². The minimum atomic E-state index is -0.395. The summed E-state index contributed by atoms with van der Waals surface area (Å²) < 4.78 is 10.4. The van der Waals surface area contributed by atoms with Crippen LogP contribution in [0.15, 0.2) is 34.7 Å². The molecule has 1 atom stereocenters. The Bertz CT molecular complexity index is 525. The van der Waals surface area contributed by atoms with Gasteiger partial charge in [-0.3, -0.25) is 0 Å². The Labute approximate surface area is 109 Å². The second-order valence-electron chi connectivity index (χ2n) is 3.51. The van der Waals surface area contributed by atoms with E-state index in [0.29, 0.717) is 21.8 Å². The van der Waals surface area contributed by atoms with Crippen LogP contribution in [-0.4, -0.2) is 7.11 Å². The molecule has 0 bridgehead atoms. The molecule has 0 aliphatic rings. The maximum Gasteiger partial charge on any atom is 0.193 e. The highest BCUT2D eigenvalue weighted by atomic mass is 35.5. The second-order valence-corrected chi connectivity index (χ2v) is 4.29. The lowest BCUT2D eigenvalue weighted by Gasteiger charge is -2.11. The predicted octanol–water partition coefficient (Wildman–Crippen LogP) is 3.64. The summed E-state index contributed by atoms with van der Waals surface area (Å²) in [5.74, 6) is 1.18. The first-order valence-electron chi connectivity index (χ1n) is 4.96. The van der Waals surface area contributed by atoms with Gasteiger partial charge in [0.25, 0.3) is 0 Å². The number of nitrogens with two attached hydrogens (primary N) is 1. The topological polar surface area (TPSA) is 48.4 Å². The number of methoxy groups -OCH3 is 1. The number of hydrogen-bond donors (Lipinski definition) is 1. The standard InChI is InChI=1S/C12H11Cl2NO2/c1-16-10-6-7(2-3-8(10)13)12(15)9-4-5-11(14)17-9/h2-6,12H,15H2,1H3. The summed E-state index contributed by atoms with van der Waals surface area (Å²) in [6.45, 7) is 0. The molecule has 0 spiro atoms. The summed E-state index contributed by atoms with van der Waals surface area (Å²) in [7, 11) is 1.56. The zero-order chi connectivity index (χ0) is 12.4. The SMILES string of the molecule is COc1cc(C(N)c2ccc(Cl)o2)ccc1Cl. The maximum absolute atomic E-state index is 6.05. The van der Waals surface area contributed by atoms with Crippen LogP contribution in [0.3, 0.4) is 0 Å². The van der Waals surface area contributed by atoms with Gasteiger partial charge < -0.3 is 14.9 Å². The third-order valence-electron chi connectivity index (χ3n) is 2.43. The Hall–Kier alpha value is -1.16. The number of rotatable bonds is 3. The number of hydrogen-bond acceptors (Lipinski definition) is 3. The molecule has 0 radical (unpaired) electrons. The highest BCUT2D eigenvalue weighted by Gasteiger charge is 2.14. The van der Waals surface area contributed by atoms with E-state index >= 15 is 0 Å². The molecular weight excluding hydrogens is 261 g/mol. The van der Waals surface area contributed by atoms with Crippen LogP contribution >= 0.6 is 23.2 Å². The molecule has 1 unspecified atom stereocenters. The first-order valence-corrected chi connectivity index (χ1v) is 5.71. The quantitative estimate of drug-likeness (QED) is 0.927. The molecule has 1 aromatic heterocycles. The Morgan fingerprint density at radius 2 is 2.00 bits per heavy atom. The van der Waals surface area contributed by atoms with Crippen LogP contribution in [0.5, 0.6) is 5.75 Å². The molecular formula is C12H11Cl2NO2. The lowest BCUT2D eigenvalue weighted by molar-refractivity contribution is 0.413. The van der Waals surface area contributed by atoms with Crippen LogP contribution in [0.25, 0.3) is 0 Å². The summed E-state index contributed by atoms with van der Waals surface area (Å²) in [4.78, 5) is 0. The zero-order valence-electron chi connectivity index (χ0n) is 9.11. The Morgan fingerprint density at radius 3 is 2.59 bits per heavy atom. The van der Waals surface area contributed by atoms with Gasteiger partial charge in [-0.15, -0.1) is 0 Å². The van der Waals surface area contributed by atoms with E-state index < -0.39 is 6.04 Å². The van der Waals surface area contributed by atoms with Crippen molar-refractivity contribution >= 4 is 23.2 Å². The molecule has 2 rings (SSSR count). The van der Waals surface area contributed by atoms with E-state index in [1.165, 1.54) is 0 Å². The van der Waals surface area contributed by atoms with Gasteiger partial charge in [0, 0.05) is 0 Å². The fourth-order valence-electron chi connectivity index (χ4n) is 1.53. The molecule has 0 saturated carbocycles. The van der Waals surface area contributed by atoms with E-state index in [1.54, 1.807) is 31.4 Å². The molecule has 1 heterocycles. The van der Waals surface area contributed by atoms with Gasteiger partial charge in [0.2, 0.25) is 0 Å². The number of halogens is 2. The summed E-state index contributed by atoms with van der Waals surface area (Å²) in [5, 5.41) is 0.859. The lowest BCUT2D eigenvalue weighted by atomic mass is 10.1. The van der Waals surface area contributed by atoms with Gasteiger partial charge in [-0.2, -0.15) is 0 Å². The number of furan rings is 1. The van der Waals surface area contributed by atoms with Crippen molar-refractivity contribution in [2.45, 2.75) is 6.04 Å². The van der Waals surface area contributed by atoms with Crippen LogP contribution in [-0.2, 0) is 0 Å². The molecule has 0 aliphatic carbocycles. The third kappa shape index (κ3) is 2.57. The van der Waals surface area contributed by atoms with E-state index in [1.807, 2.05) is 6.07 Å². The molecule has 2 aromatic rings. The third-order valence-corrected chi connectivity index (χ3v) is 2.95. The van der Waals surface area contributed by atoms with Gasteiger partial charge in [0.15, 0.2) is 5.22 Å². The summed E-state index contributed by atoms with van der Waals surface area (Å²) >= 11 is 11.6. The second kappa shape index (κ2) is 5.00. The molecule has 5 heteroatoms. The van der Waals surface area contributed by atoms with Gasteiger partial charge in [0.05, 0.1) is 18.2 Å². The van der Waals surface area contributed by atoms with Gasteiger partial charge in [-0.1, -0.05) is 17.7 Å². The highest BCUT2D eigenvalue weighted by Crippen LogP contribution is 2.30. The fraction of sp³-hybridized carbons (Fsp3) is 0.167. The average Bonchev–Trinajstić information content (AvgIpc) is 2.75. The van der Waals surface area contributed by atoms with Crippen LogP contribution < -0.4 is 10.5 Å². The van der Waals surface area contributed by atoms with Crippen molar-refractivity contribution < 1.29 is 9.15 Å². The van der Waals surface area contributed by atoms with Crippen molar-refractivity contribution in [3.63, 3.8) is 0 Å². The van der Waals surface area contributed by atoms with E-state index in [0.717, 1.165) is 5.56 Å². The smallest absolute Gasteiger partial charge is 0.193 e.